The van der Waals surface area contributed by atoms with E-state index in [1.54, 1.807) is 37.5 Å². The van der Waals surface area contributed by atoms with Crippen molar-refractivity contribution in [3.8, 4) is 17.1 Å². The van der Waals surface area contributed by atoms with Gasteiger partial charge in [0.2, 0.25) is 0 Å². The van der Waals surface area contributed by atoms with E-state index >= 15 is 0 Å². The third-order valence-electron chi connectivity index (χ3n) is 11.2. The molecule has 4 aliphatic carbocycles. The topological polar surface area (TPSA) is 145 Å². The van der Waals surface area contributed by atoms with Crippen LogP contribution < -0.4 is 10.4 Å². The van der Waals surface area contributed by atoms with Crippen molar-refractivity contribution in [2.24, 2.45) is 34.5 Å². The Kier molecular flexibility index (Phi) is 6.56. The Morgan fingerprint density at radius 1 is 1.07 bits per heavy atom. The van der Waals surface area contributed by atoms with E-state index in [2.05, 4.69) is 11.9 Å². The van der Waals surface area contributed by atoms with Crippen molar-refractivity contribution in [1.82, 2.24) is 4.98 Å². The number of carbonyl (C=O) groups excluding carboxylic acids is 2. The quantitative estimate of drug-likeness (QED) is 0.472. The third kappa shape index (κ3) is 4.51. The minimum absolute atomic E-state index is 0.0216. The van der Waals surface area contributed by atoms with E-state index in [4.69, 9.17) is 18.6 Å². The monoisotopic (exact) mass is 593 g/mol. The second-order valence-electron chi connectivity index (χ2n) is 14.1. The van der Waals surface area contributed by atoms with Crippen LogP contribution in [0.25, 0.3) is 11.3 Å². The van der Waals surface area contributed by atoms with E-state index in [0.717, 1.165) is 25.7 Å². The molecule has 0 amide bonds. The number of aliphatic hydroxyl groups is 2. The Balaban J connectivity index is 1.27. The van der Waals surface area contributed by atoms with Crippen molar-refractivity contribution in [1.29, 1.82) is 0 Å². The predicted octanol–water partition coefficient (Wildman–Crippen LogP) is 3.96. The van der Waals surface area contributed by atoms with Gasteiger partial charge in [0.15, 0.2) is 0 Å². The standard InChI is InChI=1S/C33H39NO9/c1-31-11-10-24(42-29(38)18-8-9-18)32(2,16-40-28(37)17-6-7-17)22(31)14-23(35)33(3)27(31)26(36)25-21(43-33)13-20(41-30(25)39)19-5-4-12-34-15-19/h4-5,12-13,15,17-18,22-24,26-27,35-36H,6-11,14,16H2,1-3H3/t22?,23-,24+,26-,27?,31?,32+,33?/m1/s1. The first-order chi connectivity index (χ1) is 20.5. The van der Waals surface area contributed by atoms with Crippen LogP contribution >= 0.6 is 0 Å². The van der Waals surface area contributed by atoms with E-state index in [1.165, 1.54) is 0 Å². The summed E-state index contributed by atoms with van der Waals surface area (Å²) in [6.07, 6.45) is 4.89. The molecule has 4 unspecified atom stereocenters. The number of nitrogens with zero attached hydrogens (tertiary/aromatic N) is 1. The van der Waals surface area contributed by atoms with E-state index in [9.17, 15) is 24.6 Å². The van der Waals surface area contributed by atoms with Crippen LogP contribution in [-0.2, 0) is 19.1 Å². The summed E-state index contributed by atoms with van der Waals surface area (Å²) in [5.41, 5.74) is -2.85. The van der Waals surface area contributed by atoms with Gasteiger partial charge in [-0.2, -0.15) is 0 Å². The molecule has 0 radical (unpaired) electrons. The predicted molar refractivity (Wildman–Crippen MR) is 152 cm³/mol. The van der Waals surface area contributed by atoms with Gasteiger partial charge >= 0.3 is 17.6 Å². The molecule has 0 saturated heterocycles. The lowest BCUT2D eigenvalue weighted by Gasteiger charge is -2.66. The lowest BCUT2D eigenvalue weighted by atomic mass is 9.42. The van der Waals surface area contributed by atoms with E-state index < -0.39 is 46.3 Å². The molecule has 8 atom stereocenters. The van der Waals surface area contributed by atoms with Crippen LogP contribution in [0.1, 0.15) is 77.4 Å². The summed E-state index contributed by atoms with van der Waals surface area (Å²) in [6.45, 7) is 5.84. The molecule has 5 aliphatic rings. The lowest BCUT2D eigenvalue weighted by molar-refractivity contribution is -0.267. The van der Waals surface area contributed by atoms with Crippen molar-refractivity contribution >= 4 is 11.9 Å². The minimum atomic E-state index is -1.29. The van der Waals surface area contributed by atoms with Gasteiger partial charge in [-0.25, -0.2) is 4.79 Å². The number of aromatic nitrogens is 1. The Morgan fingerprint density at radius 3 is 2.47 bits per heavy atom. The molecular weight excluding hydrogens is 554 g/mol. The molecule has 4 fully saturated rings. The Bertz CT molecular complexity index is 1500. The second kappa shape index (κ2) is 9.89. The first kappa shape index (κ1) is 28.5. The third-order valence-corrected chi connectivity index (χ3v) is 11.2. The van der Waals surface area contributed by atoms with Gasteiger partial charge in [0.1, 0.15) is 35.4 Å². The molecule has 3 heterocycles. The summed E-state index contributed by atoms with van der Waals surface area (Å²) in [6, 6.07) is 5.06. The highest BCUT2D eigenvalue weighted by Crippen LogP contribution is 2.67. The number of rotatable bonds is 6. The lowest BCUT2D eigenvalue weighted by Crippen LogP contribution is -2.71. The van der Waals surface area contributed by atoms with Crippen LogP contribution in [0, 0.1) is 34.5 Å². The molecule has 230 valence electrons. The molecular formula is C33H39NO9. The Morgan fingerprint density at radius 2 is 1.79 bits per heavy atom. The van der Waals surface area contributed by atoms with Crippen LogP contribution in [0.2, 0.25) is 0 Å². The molecule has 1 aliphatic heterocycles. The highest BCUT2D eigenvalue weighted by molar-refractivity contribution is 5.75. The minimum Gasteiger partial charge on any atom is -0.484 e. The fourth-order valence-electron chi connectivity index (χ4n) is 8.45. The molecule has 4 saturated carbocycles. The first-order valence-corrected chi connectivity index (χ1v) is 15.5. The number of hydrogen-bond acceptors (Lipinski definition) is 10. The summed E-state index contributed by atoms with van der Waals surface area (Å²) in [5.74, 6) is -1.26. The van der Waals surface area contributed by atoms with Gasteiger partial charge in [0, 0.05) is 35.4 Å². The molecule has 2 aromatic heterocycles. The largest absolute Gasteiger partial charge is 0.484 e. The highest BCUT2D eigenvalue weighted by Gasteiger charge is 2.70. The zero-order valence-electron chi connectivity index (χ0n) is 24.8. The van der Waals surface area contributed by atoms with Crippen LogP contribution in [0.4, 0.5) is 0 Å². The summed E-state index contributed by atoms with van der Waals surface area (Å²) in [4.78, 5) is 43.1. The van der Waals surface area contributed by atoms with Gasteiger partial charge in [0.05, 0.1) is 24.0 Å². The second-order valence-corrected chi connectivity index (χ2v) is 14.1. The molecule has 0 aromatic carbocycles. The average molecular weight is 594 g/mol. The summed E-state index contributed by atoms with van der Waals surface area (Å²) in [7, 11) is 0. The maximum Gasteiger partial charge on any atom is 0.345 e. The van der Waals surface area contributed by atoms with Gasteiger partial charge in [-0.15, -0.1) is 0 Å². The van der Waals surface area contributed by atoms with Crippen LogP contribution in [0.5, 0.6) is 5.75 Å². The molecule has 2 N–H and O–H groups in total. The van der Waals surface area contributed by atoms with E-state index in [0.29, 0.717) is 18.4 Å². The van der Waals surface area contributed by atoms with Crippen molar-refractivity contribution in [3.63, 3.8) is 0 Å². The first-order valence-electron chi connectivity index (χ1n) is 15.5. The number of hydrogen-bond donors (Lipinski definition) is 2. The Hall–Kier alpha value is -3.24. The van der Waals surface area contributed by atoms with Gasteiger partial charge < -0.3 is 28.8 Å². The maximum atomic E-state index is 13.4. The molecule has 7 rings (SSSR count). The molecule has 2 aromatic rings. The molecule has 0 bridgehead atoms. The van der Waals surface area contributed by atoms with Crippen molar-refractivity contribution in [3.05, 3.63) is 46.6 Å². The van der Waals surface area contributed by atoms with Crippen molar-refractivity contribution < 1.29 is 38.4 Å². The summed E-state index contributed by atoms with van der Waals surface area (Å²) in [5, 5.41) is 23.8. The average Bonchev–Trinajstić information content (AvgIpc) is 3.88. The molecule has 10 nitrogen and oxygen atoms in total. The van der Waals surface area contributed by atoms with Gasteiger partial charge in [0.25, 0.3) is 0 Å². The molecule has 43 heavy (non-hydrogen) atoms. The van der Waals surface area contributed by atoms with Crippen LogP contribution in [0.3, 0.4) is 0 Å². The van der Waals surface area contributed by atoms with Crippen LogP contribution in [-0.4, -0.2) is 51.6 Å². The van der Waals surface area contributed by atoms with Crippen LogP contribution in [0.15, 0.2) is 39.8 Å². The normalized spacial score (nSPS) is 38.1. The number of carbonyl (C=O) groups is 2. The van der Waals surface area contributed by atoms with Gasteiger partial charge in [-0.05, 0) is 75.3 Å². The zero-order valence-corrected chi connectivity index (χ0v) is 24.8. The number of fused-ring (bicyclic) bond motifs is 4. The number of aliphatic hydroxyl groups excluding tert-OH is 2. The SMILES string of the molecule is CC12CC[C@H](OC(=O)C3CC3)[C@@](C)(COC(=O)C3CC3)C1C[C@@H](O)C1(C)Oc3cc(-c4cccnc4)oc(=O)c3[C@@H](O)C21. The molecule has 10 heteroatoms. The fourth-order valence-corrected chi connectivity index (χ4v) is 8.45. The van der Waals surface area contributed by atoms with E-state index in [1.807, 2.05) is 6.92 Å². The zero-order chi connectivity index (χ0) is 30.3. The van der Waals surface area contributed by atoms with Crippen molar-refractivity contribution in [2.75, 3.05) is 6.61 Å². The number of ether oxygens (including phenoxy) is 3. The van der Waals surface area contributed by atoms with E-state index in [-0.39, 0.29) is 59.8 Å². The fraction of sp³-hybridized carbons (Fsp3) is 0.636. The van der Waals surface area contributed by atoms with Crippen molar-refractivity contribution in [2.45, 2.75) is 89.6 Å². The summed E-state index contributed by atoms with van der Waals surface area (Å²) < 4.78 is 24.2. The highest BCUT2D eigenvalue weighted by atomic mass is 16.6. The number of esters is 2. The Labute approximate surface area is 249 Å². The number of pyridine rings is 1. The molecule has 0 spiro atoms. The van der Waals surface area contributed by atoms with Gasteiger partial charge in [-0.1, -0.05) is 13.8 Å². The summed E-state index contributed by atoms with van der Waals surface area (Å²) >= 11 is 0. The smallest absolute Gasteiger partial charge is 0.345 e. The maximum absolute atomic E-state index is 13.4. The van der Waals surface area contributed by atoms with Gasteiger partial charge in [-0.3, -0.25) is 14.6 Å².